The Balaban J connectivity index is 2.49. The molecule has 0 aromatic heterocycles. The van der Waals surface area contributed by atoms with Crippen LogP contribution >= 0.6 is 0 Å². The van der Waals surface area contributed by atoms with E-state index in [2.05, 4.69) is 5.32 Å². The van der Waals surface area contributed by atoms with Crippen LogP contribution in [0.25, 0.3) is 0 Å². The van der Waals surface area contributed by atoms with Gasteiger partial charge >= 0.3 is 0 Å². The molecule has 0 aliphatic carbocycles. The molecule has 1 N–H and O–H groups in total. The highest BCUT2D eigenvalue weighted by Crippen LogP contribution is 2.15. The Labute approximate surface area is 86.7 Å². The average Bonchev–Trinajstić information content (AvgIpc) is 2.17. The van der Waals surface area contributed by atoms with E-state index in [-0.39, 0.29) is 0 Å². The highest BCUT2D eigenvalue weighted by Gasteiger charge is 2.23. The monoisotopic (exact) mass is 220 g/mol. The highest BCUT2D eigenvalue weighted by molar-refractivity contribution is 7.89. The van der Waals surface area contributed by atoms with Crippen molar-refractivity contribution in [2.45, 2.75) is 19.8 Å². The van der Waals surface area contributed by atoms with E-state index < -0.39 is 10.0 Å². The first kappa shape index (κ1) is 11.9. The standard InChI is InChI=1S/C9H20N2O2S/c1-3-11(2)14(12,13)8-9-4-6-10-7-5-9/h9-10H,3-8H2,1-2H3. The Bertz CT molecular complexity index is 258. The number of hydrogen-bond donors (Lipinski definition) is 1. The molecule has 14 heavy (non-hydrogen) atoms. The quantitative estimate of drug-likeness (QED) is 0.740. The third kappa shape index (κ3) is 3.22. The van der Waals surface area contributed by atoms with Gasteiger partial charge in [-0.25, -0.2) is 12.7 Å². The number of nitrogens with one attached hydrogen (secondary N) is 1. The second-order valence-electron chi connectivity index (χ2n) is 3.89. The lowest BCUT2D eigenvalue weighted by Gasteiger charge is -2.24. The van der Waals surface area contributed by atoms with E-state index in [0.717, 1.165) is 25.9 Å². The predicted octanol–water partition coefficient (Wildman–Crippen LogP) is 0.267. The van der Waals surface area contributed by atoms with Gasteiger partial charge in [-0.1, -0.05) is 6.92 Å². The number of hydrogen-bond acceptors (Lipinski definition) is 3. The molecule has 1 rings (SSSR count). The maximum absolute atomic E-state index is 11.7. The van der Waals surface area contributed by atoms with Crippen LogP contribution in [-0.4, -0.2) is 45.2 Å². The van der Waals surface area contributed by atoms with E-state index in [1.54, 1.807) is 7.05 Å². The number of piperidine rings is 1. The first-order valence-corrected chi connectivity index (χ1v) is 6.82. The summed E-state index contributed by atoms with van der Waals surface area (Å²) >= 11 is 0. The summed E-state index contributed by atoms with van der Waals surface area (Å²) in [5.41, 5.74) is 0. The average molecular weight is 220 g/mol. The fraction of sp³-hybridized carbons (Fsp3) is 1.00. The molecule has 1 aliphatic heterocycles. The first-order valence-electron chi connectivity index (χ1n) is 5.21. The second-order valence-corrected chi connectivity index (χ2v) is 6.01. The van der Waals surface area contributed by atoms with Crippen LogP contribution in [0.3, 0.4) is 0 Å². The molecule has 0 aromatic carbocycles. The lowest BCUT2D eigenvalue weighted by molar-refractivity contribution is 0.391. The topological polar surface area (TPSA) is 49.4 Å². The van der Waals surface area contributed by atoms with Crippen molar-refractivity contribution in [2.24, 2.45) is 5.92 Å². The van der Waals surface area contributed by atoms with E-state index in [9.17, 15) is 8.42 Å². The van der Waals surface area contributed by atoms with Crippen LogP contribution in [0.5, 0.6) is 0 Å². The zero-order chi connectivity index (χ0) is 10.6. The number of nitrogens with zero attached hydrogens (tertiary/aromatic N) is 1. The Kier molecular flexibility index (Phi) is 4.34. The molecular weight excluding hydrogens is 200 g/mol. The van der Waals surface area contributed by atoms with E-state index >= 15 is 0 Å². The van der Waals surface area contributed by atoms with Crippen LogP contribution in [0.4, 0.5) is 0 Å². The van der Waals surface area contributed by atoms with Gasteiger partial charge in [0, 0.05) is 13.6 Å². The Morgan fingerprint density at radius 1 is 1.36 bits per heavy atom. The van der Waals surface area contributed by atoms with Crippen molar-refractivity contribution in [3.63, 3.8) is 0 Å². The minimum absolute atomic E-state index is 0.318. The minimum atomic E-state index is -3.00. The molecule has 0 aromatic rings. The van der Waals surface area contributed by atoms with Crippen LogP contribution in [0.2, 0.25) is 0 Å². The molecule has 1 heterocycles. The zero-order valence-electron chi connectivity index (χ0n) is 8.99. The molecule has 0 unspecified atom stereocenters. The van der Waals surface area contributed by atoms with Gasteiger partial charge < -0.3 is 5.32 Å². The Hall–Kier alpha value is -0.130. The molecule has 5 heteroatoms. The molecule has 0 atom stereocenters. The van der Waals surface area contributed by atoms with Crippen LogP contribution in [0.15, 0.2) is 0 Å². The fourth-order valence-electron chi connectivity index (χ4n) is 1.67. The summed E-state index contributed by atoms with van der Waals surface area (Å²) in [5, 5.41) is 3.24. The van der Waals surface area contributed by atoms with E-state index in [0.29, 0.717) is 18.2 Å². The highest BCUT2D eigenvalue weighted by atomic mass is 32.2. The Morgan fingerprint density at radius 3 is 2.43 bits per heavy atom. The summed E-state index contributed by atoms with van der Waals surface area (Å²) in [6, 6.07) is 0. The molecule has 1 saturated heterocycles. The summed E-state index contributed by atoms with van der Waals surface area (Å²) < 4.78 is 24.9. The van der Waals surface area contributed by atoms with Crippen LogP contribution < -0.4 is 5.32 Å². The van der Waals surface area contributed by atoms with Crippen molar-refractivity contribution in [3.05, 3.63) is 0 Å². The molecule has 0 spiro atoms. The van der Waals surface area contributed by atoms with Gasteiger partial charge in [0.25, 0.3) is 0 Å². The molecule has 0 radical (unpaired) electrons. The Morgan fingerprint density at radius 2 is 1.93 bits per heavy atom. The second kappa shape index (κ2) is 5.09. The summed E-state index contributed by atoms with van der Waals surface area (Å²) in [4.78, 5) is 0. The van der Waals surface area contributed by atoms with Crippen molar-refractivity contribution >= 4 is 10.0 Å². The third-order valence-corrected chi connectivity index (χ3v) is 4.93. The first-order chi connectivity index (χ1) is 6.56. The van der Waals surface area contributed by atoms with Gasteiger partial charge in [0.15, 0.2) is 0 Å². The molecule has 1 fully saturated rings. The lowest BCUT2D eigenvalue weighted by Crippen LogP contribution is -2.36. The van der Waals surface area contributed by atoms with Gasteiger partial charge in [0.05, 0.1) is 5.75 Å². The summed E-state index contributed by atoms with van der Waals surface area (Å²) in [6.07, 6.45) is 1.97. The molecule has 0 saturated carbocycles. The minimum Gasteiger partial charge on any atom is -0.317 e. The largest absolute Gasteiger partial charge is 0.317 e. The molecule has 84 valence electrons. The van der Waals surface area contributed by atoms with E-state index in [4.69, 9.17) is 0 Å². The summed E-state index contributed by atoms with van der Waals surface area (Å²) in [7, 11) is -1.36. The predicted molar refractivity (Wildman–Crippen MR) is 57.7 cm³/mol. The molecule has 0 bridgehead atoms. The maximum Gasteiger partial charge on any atom is 0.214 e. The van der Waals surface area contributed by atoms with Crippen molar-refractivity contribution < 1.29 is 8.42 Å². The molecule has 0 amide bonds. The fourth-order valence-corrected chi connectivity index (χ4v) is 3.25. The molecule has 4 nitrogen and oxygen atoms in total. The van der Waals surface area contributed by atoms with Gasteiger partial charge in [-0.15, -0.1) is 0 Å². The molecule has 1 aliphatic rings. The maximum atomic E-state index is 11.7. The lowest BCUT2D eigenvalue weighted by atomic mass is 10.0. The van der Waals surface area contributed by atoms with E-state index in [1.807, 2.05) is 6.92 Å². The smallest absolute Gasteiger partial charge is 0.214 e. The summed E-state index contributed by atoms with van der Waals surface area (Å²) in [6.45, 7) is 4.33. The van der Waals surface area contributed by atoms with Gasteiger partial charge in [-0.3, -0.25) is 0 Å². The van der Waals surface area contributed by atoms with E-state index in [1.165, 1.54) is 4.31 Å². The third-order valence-electron chi connectivity index (χ3n) is 2.83. The normalized spacial score (nSPS) is 20.2. The van der Waals surface area contributed by atoms with Gasteiger partial charge in [0.1, 0.15) is 0 Å². The SMILES string of the molecule is CCN(C)S(=O)(=O)CC1CCNCC1. The zero-order valence-corrected chi connectivity index (χ0v) is 9.81. The van der Waals surface area contributed by atoms with Crippen LogP contribution in [0.1, 0.15) is 19.8 Å². The van der Waals surface area contributed by atoms with Crippen molar-refractivity contribution in [2.75, 3.05) is 32.4 Å². The molecular formula is C9H20N2O2S. The summed E-state index contributed by atoms with van der Waals surface area (Å²) in [5.74, 6) is 0.661. The van der Waals surface area contributed by atoms with Gasteiger partial charge in [-0.2, -0.15) is 0 Å². The van der Waals surface area contributed by atoms with Crippen molar-refractivity contribution in [1.82, 2.24) is 9.62 Å². The number of rotatable bonds is 4. The van der Waals surface area contributed by atoms with Gasteiger partial charge in [-0.05, 0) is 31.8 Å². The van der Waals surface area contributed by atoms with Crippen molar-refractivity contribution in [1.29, 1.82) is 0 Å². The number of sulfonamides is 1. The van der Waals surface area contributed by atoms with Crippen LogP contribution in [-0.2, 0) is 10.0 Å². The van der Waals surface area contributed by atoms with Crippen LogP contribution in [0, 0.1) is 5.92 Å². The van der Waals surface area contributed by atoms with Crippen molar-refractivity contribution in [3.8, 4) is 0 Å². The van der Waals surface area contributed by atoms with Gasteiger partial charge in [0.2, 0.25) is 10.0 Å².